The first-order chi connectivity index (χ1) is 8.48. The molecule has 1 heterocycles. The summed E-state index contributed by atoms with van der Waals surface area (Å²) >= 11 is 0. The SMILES string of the molecule is CCNc1cc(C2CC2)nc(CCC(C)(C)C)n1. The van der Waals surface area contributed by atoms with E-state index in [-0.39, 0.29) is 0 Å². The fraction of sp³-hybridized carbons (Fsp3) is 0.733. The maximum atomic E-state index is 4.73. The van der Waals surface area contributed by atoms with Crippen LogP contribution >= 0.6 is 0 Å². The van der Waals surface area contributed by atoms with Crippen molar-refractivity contribution in [1.29, 1.82) is 0 Å². The van der Waals surface area contributed by atoms with Gasteiger partial charge in [-0.25, -0.2) is 9.97 Å². The molecule has 3 nitrogen and oxygen atoms in total. The van der Waals surface area contributed by atoms with Crippen molar-refractivity contribution in [1.82, 2.24) is 9.97 Å². The quantitative estimate of drug-likeness (QED) is 0.860. The van der Waals surface area contributed by atoms with E-state index >= 15 is 0 Å². The molecule has 0 aliphatic heterocycles. The van der Waals surface area contributed by atoms with Crippen LogP contribution in [0.2, 0.25) is 0 Å². The summed E-state index contributed by atoms with van der Waals surface area (Å²) in [6.07, 6.45) is 4.69. The smallest absolute Gasteiger partial charge is 0.131 e. The lowest BCUT2D eigenvalue weighted by molar-refractivity contribution is 0.374. The van der Waals surface area contributed by atoms with E-state index in [4.69, 9.17) is 4.98 Å². The molecule has 1 aliphatic carbocycles. The van der Waals surface area contributed by atoms with Gasteiger partial charge in [-0.2, -0.15) is 0 Å². The molecular formula is C15H25N3. The molecule has 0 bridgehead atoms. The highest BCUT2D eigenvalue weighted by molar-refractivity contribution is 5.38. The number of hydrogen-bond donors (Lipinski definition) is 1. The van der Waals surface area contributed by atoms with Crippen LogP contribution in [0.4, 0.5) is 5.82 Å². The highest BCUT2D eigenvalue weighted by atomic mass is 15.0. The summed E-state index contributed by atoms with van der Waals surface area (Å²) in [5.74, 6) is 2.70. The summed E-state index contributed by atoms with van der Waals surface area (Å²) in [4.78, 5) is 9.34. The first-order valence-corrected chi connectivity index (χ1v) is 7.09. The highest BCUT2D eigenvalue weighted by Gasteiger charge is 2.26. The average molecular weight is 247 g/mol. The molecule has 100 valence electrons. The van der Waals surface area contributed by atoms with Gasteiger partial charge in [0.2, 0.25) is 0 Å². The monoisotopic (exact) mass is 247 g/mol. The van der Waals surface area contributed by atoms with Crippen molar-refractivity contribution in [2.45, 2.75) is 59.3 Å². The number of anilines is 1. The minimum absolute atomic E-state index is 0.345. The molecule has 0 spiro atoms. The Kier molecular flexibility index (Phi) is 3.88. The Balaban J connectivity index is 2.12. The molecule has 0 aromatic carbocycles. The Morgan fingerprint density at radius 1 is 1.28 bits per heavy atom. The lowest BCUT2D eigenvalue weighted by Crippen LogP contribution is -2.10. The Morgan fingerprint density at radius 3 is 2.56 bits per heavy atom. The zero-order valence-corrected chi connectivity index (χ0v) is 12.1. The Hall–Kier alpha value is -1.12. The Labute approximate surface area is 110 Å². The molecule has 0 radical (unpaired) electrons. The summed E-state index contributed by atoms with van der Waals surface area (Å²) < 4.78 is 0. The summed E-state index contributed by atoms with van der Waals surface area (Å²) in [6.45, 7) is 9.82. The third-order valence-corrected chi connectivity index (χ3v) is 3.24. The van der Waals surface area contributed by atoms with Crippen LogP contribution in [0, 0.1) is 5.41 Å². The van der Waals surface area contributed by atoms with E-state index in [0.717, 1.165) is 31.0 Å². The van der Waals surface area contributed by atoms with Crippen molar-refractivity contribution in [3.8, 4) is 0 Å². The number of aromatic nitrogens is 2. The lowest BCUT2D eigenvalue weighted by atomic mass is 9.90. The van der Waals surface area contributed by atoms with Crippen molar-refractivity contribution in [3.05, 3.63) is 17.6 Å². The minimum atomic E-state index is 0.345. The maximum Gasteiger partial charge on any atom is 0.131 e. The number of nitrogens with one attached hydrogen (secondary N) is 1. The molecule has 0 amide bonds. The normalized spacial score (nSPS) is 15.8. The van der Waals surface area contributed by atoms with Gasteiger partial charge in [-0.05, 0) is 31.6 Å². The molecule has 1 N–H and O–H groups in total. The first-order valence-electron chi connectivity index (χ1n) is 7.09. The van der Waals surface area contributed by atoms with Crippen molar-refractivity contribution < 1.29 is 0 Å². The summed E-state index contributed by atoms with van der Waals surface area (Å²) in [7, 11) is 0. The van der Waals surface area contributed by atoms with Gasteiger partial charge in [0.1, 0.15) is 11.6 Å². The van der Waals surface area contributed by atoms with E-state index in [1.54, 1.807) is 0 Å². The molecule has 1 saturated carbocycles. The highest BCUT2D eigenvalue weighted by Crippen LogP contribution is 2.39. The average Bonchev–Trinajstić information content (AvgIpc) is 3.09. The van der Waals surface area contributed by atoms with Crippen LogP contribution in [0.5, 0.6) is 0 Å². The van der Waals surface area contributed by atoms with E-state index in [1.165, 1.54) is 18.5 Å². The van der Waals surface area contributed by atoms with Gasteiger partial charge in [-0.3, -0.25) is 0 Å². The van der Waals surface area contributed by atoms with Gasteiger partial charge < -0.3 is 5.32 Å². The second-order valence-electron chi connectivity index (χ2n) is 6.46. The molecule has 18 heavy (non-hydrogen) atoms. The third-order valence-electron chi connectivity index (χ3n) is 3.24. The summed E-state index contributed by atoms with van der Waals surface area (Å²) in [5, 5.41) is 3.32. The predicted molar refractivity (Wildman–Crippen MR) is 75.9 cm³/mol. The van der Waals surface area contributed by atoms with Crippen LogP contribution in [0.3, 0.4) is 0 Å². The molecule has 1 aromatic heterocycles. The fourth-order valence-corrected chi connectivity index (χ4v) is 1.98. The van der Waals surface area contributed by atoms with Crippen molar-refractivity contribution in [2.75, 3.05) is 11.9 Å². The zero-order valence-electron chi connectivity index (χ0n) is 12.1. The molecule has 1 aliphatic rings. The van der Waals surface area contributed by atoms with Gasteiger partial charge in [0, 0.05) is 30.6 Å². The largest absolute Gasteiger partial charge is 0.370 e. The summed E-state index contributed by atoms with van der Waals surface area (Å²) in [6, 6.07) is 2.13. The fourth-order valence-electron chi connectivity index (χ4n) is 1.98. The third kappa shape index (κ3) is 3.97. The van der Waals surface area contributed by atoms with E-state index in [0.29, 0.717) is 11.3 Å². The van der Waals surface area contributed by atoms with Crippen molar-refractivity contribution >= 4 is 5.82 Å². The molecule has 1 fully saturated rings. The second-order valence-corrected chi connectivity index (χ2v) is 6.46. The number of nitrogens with zero attached hydrogens (tertiary/aromatic N) is 2. The van der Waals surface area contributed by atoms with Crippen molar-refractivity contribution in [3.63, 3.8) is 0 Å². The van der Waals surface area contributed by atoms with Gasteiger partial charge in [0.05, 0.1) is 0 Å². The number of aryl methyl sites for hydroxylation is 1. The molecule has 0 unspecified atom stereocenters. The van der Waals surface area contributed by atoms with Gasteiger partial charge in [-0.15, -0.1) is 0 Å². The number of rotatable bonds is 5. The van der Waals surface area contributed by atoms with Gasteiger partial charge in [-0.1, -0.05) is 20.8 Å². The van der Waals surface area contributed by atoms with E-state index in [9.17, 15) is 0 Å². The van der Waals surface area contributed by atoms with Crippen LogP contribution in [-0.4, -0.2) is 16.5 Å². The Bertz CT molecular complexity index is 403. The second kappa shape index (κ2) is 5.25. The number of hydrogen-bond acceptors (Lipinski definition) is 3. The van der Waals surface area contributed by atoms with Gasteiger partial charge >= 0.3 is 0 Å². The minimum Gasteiger partial charge on any atom is -0.370 e. The van der Waals surface area contributed by atoms with E-state index in [2.05, 4.69) is 44.1 Å². The van der Waals surface area contributed by atoms with Crippen molar-refractivity contribution in [2.24, 2.45) is 5.41 Å². The molecule has 1 aromatic rings. The van der Waals surface area contributed by atoms with Crippen LogP contribution in [0.25, 0.3) is 0 Å². The maximum absolute atomic E-state index is 4.73. The summed E-state index contributed by atoms with van der Waals surface area (Å²) in [5.41, 5.74) is 1.59. The Morgan fingerprint density at radius 2 is 2.00 bits per heavy atom. The molecule has 0 saturated heterocycles. The molecule has 3 heteroatoms. The lowest BCUT2D eigenvalue weighted by Gasteiger charge is -2.17. The van der Waals surface area contributed by atoms with E-state index in [1.807, 2.05) is 0 Å². The van der Waals surface area contributed by atoms with Gasteiger partial charge in [0.25, 0.3) is 0 Å². The van der Waals surface area contributed by atoms with E-state index < -0.39 is 0 Å². The zero-order chi connectivity index (χ0) is 13.2. The van der Waals surface area contributed by atoms with Crippen LogP contribution in [-0.2, 0) is 6.42 Å². The molecule has 2 rings (SSSR count). The van der Waals surface area contributed by atoms with Crippen LogP contribution < -0.4 is 5.32 Å². The standard InChI is InChI=1S/C15H25N3/c1-5-16-14-10-12(11-6-7-11)17-13(18-14)8-9-15(2,3)4/h10-11H,5-9H2,1-4H3,(H,16,17,18). The molecular weight excluding hydrogens is 222 g/mol. The predicted octanol–water partition coefficient (Wildman–Crippen LogP) is 3.76. The van der Waals surface area contributed by atoms with Crippen LogP contribution in [0.1, 0.15) is 64.4 Å². The van der Waals surface area contributed by atoms with Crippen LogP contribution in [0.15, 0.2) is 6.07 Å². The first kappa shape index (κ1) is 13.3. The van der Waals surface area contributed by atoms with Gasteiger partial charge in [0.15, 0.2) is 0 Å². The topological polar surface area (TPSA) is 37.8 Å². The molecule has 0 atom stereocenters.